The number of carbonyl (C=O) groups is 1. The van der Waals surface area contributed by atoms with Gasteiger partial charge in [-0.25, -0.2) is 4.98 Å². The van der Waals surface area contributed by atoms with Crippen LogP contribution in [0.25, 0.3) is 0 Å². The maximum absolute atomic E-state index is 12.9. The molecule has 1 amide bonds. The second-order valence-corrected chi connectivity index (χ2v) is 7.45. The molecule has 0 bridgehead atoms. The van der Waals surface area contributed by atoms with Gasteiger partial charge in [-0.3, -0.25) is 4.79 Å². The molecule has 6 heteroatoms. The number of likely N-dealkylation sites (N-methyl/N-ethyl adjacent to an activating group) is 1. The van der Waals surface area contributed by atoms with Gasteiger partial charge in [0.2, 0.25) is 0 Å². The highest BCUT2D eigenvalue weighted by Gasteiger charge is 2.21. The molecule has 1 aliphatic heterocycles. The zero-order valence-corrected chi connectivity index (χ0v) is 18.1. The number of hydrogen-bond acceptors (Lipinski definition) is 5. The highest BCUT2D eigenvalue weighted by Crippen LogP contribution is 2.25. The summed E-state index contributed by atoms with van der Waals surface area (Å²) in [5.74, 6) is 0.779. The van der Waals surface area contributed by atoms with Gasteiger partial charge in [-0.05, 0) is 63.2 Å². The van der Waals surface area contributed by atoms with Crippen LogP contribution < -0.4 is 10.2 Å². The largest absolute Gasteiger partial charge is 0.372 e. The summed E-state index contributed by atoms with van der Waals surface area (Å²) in [6, 6.07) is 10.1. The molecule has 0 radical (unpaired) electrons. The van der Waals surface area contributed by atoms with Crippen molar-refractivity contribution in [2.75, 3.05) is 56.0 Å². The minimum atomic E-state index is 0.0832. The average Bonchev–Trinajstić information content (AvgIpc) is 2.76. The van der Waals surface area contributed by atoms with Crippen molar-refractivity contribution in [1.29, 1.82) is 0 Å². The molecule has 0 saturated carbocycles. The number of aryl methyl sites for hydroxylation is 1. The second kappa shape index (κ2) is 9.74. The molecule has 1 aromatic carbocycles. The molecule has 3 rings (SSSR count). The minimum Gasteiger partial charge on any atom is -0.372 e. The number of amides is 1. The lowest BCUT2D eigenvalue weighted by Gasteiger charge is -2.34. The first-order valence-corrected chi connectivity index (χ1v) is 10.7. The van der Waals surface area contributed by atoms with Crippen molar-refractivity contribution < 1.29 is 4.79 Å². The van der Waals surface area contributed by atoms with E-state index in [2.05, 4.69) is 66.0 Å². The summed E-state index contributed by atoms with van der Waals surface area (Å²) in [6.07, 6.45) is 1.71. The second-order valence-electron chi connectivity index (χ2n) is 7.45. The van der Waals surface area contributed by atoms with Crippen LogP contribution >= 0.6 is 0 Å². The normalized spacial score (nSPS) is 14.7. The summed E-state index contributed by atoms with van der Waals surface area (Å²) >= 11 is 0. The summed E-state index contributed by atoms with van der Waals surface area (Å²) < 4.78 is 0. The zero-order chi connectivity index (χ0) is 20.8. The van der Waals surface area contributed by atoms with Crippen LogP contribution in [0, 0.1) is 6.92 Å². The molecule has 1 aromatic heterocycles. The number of anilines is 3. The molecule has 1 saturated heterocycles. The Morgan fingerprint density at radius 2 is 1.79 bits per heavy atom. The number of nitrogens with one attached hydrogen (secondary N) is 1. The first kappa shape index (κ1) is 21.1. The predicted molar refractivity (Wildman–Crippen MR) is 120 cm³/mol. The summed E-state index contributed by atoms with van der Waals surface area (Å²) in [7, 11) is 0. The fraction of sp³-hybridized carbons (Fsp3) is 0.478. The summed E-state index contributed by atoms with van der Waals surface area (Å²) in [5, 5.41) is 3.38. The monoisotopic (exact) mass is 395 g/mol. The molecule has 0 unspecified atom stereocenters. The van der Waals surface area contributed by atoms with Gasteiger partial charge in [0.05, 0.1) is 0 Å². The average molecular weight is 396 g/mol. The molecule has 1 N–H and O–H groups in total. The van der Waals surface area contributed by atoms with E-state index in [0.29, 0.717) is 11.4 Å². The van der Waals surface area contributed by atoms with E-state index in [1.54, 1.807) is 12.3 Å². The van der Waals surface area contributed by atoms with Crippen molar-refractivity contribution in [2.24, 2.45) is 0 Å². The van der Waals surface area contributed by atoms with Crippen LogP contribution in [-0.4, -0.2) is 66.5 Å². The number of nitrogens with zero attached hydrogens (tertiary/aromatic N) is 4. The van der Waals surface area contributed by atoms with Crippen LogP contribution in [0.1, 0.15) is 36.7 Å². The summed E-state index contributed by atoms with van der Waals surface area (Å²) in [6.45, 7) is 15.0. The van der Waals surface area contributed by atoms with Crippen LogP contribution in [0.2, 0.25) is 0 Å². The molecule has 29 heavy (non-hydrogen) atoms. The van der Waals surface area contributed by atoms with Crippen molar-refractivity contribution in [3.05, 3.63) is 47.7 Å². The molecule has 2 heterocycles. The predicted octanol–water partition coefficient (Wildman–Crippen LogP) is 3.76. The van der Waals surface area contributed by atoms with Crippen molar-refractivity contribution >= 4 is 23.1 Å². The first-order valence-electron chi connectivity index (χ1n) is 10.7. The van der Waals surface area contributed by atoms with Gasteiger partial charge in [0, 0.05) is 62.4 Å². The Morgan fingerprint density at radius 1 is 1.07 bits per heavy atom. The Balaban J connectivity index is 1.71. The van der Waals surface area contributed by atoms with Gasteiger partial charge in [-0.2, -0.15) is 0 Å². The molecule has 2 aromatic rings. The lowest BCUT2D eigenvalue weighted by Crippen LogP contribution is -2.48. The zero-order valence-electron chi connectivity index (χ0n) is 18.1. The van der Waals surface area contributed by atoms with E-state index in [1.807, 2.05) is 11.0 Å². The number of pyridine rings is 1. The molecule has 0 spiro atoms. The van der Waals surface area contributed by atoms with E-state index in [1.165, 1.54) is 5.69 Å². The third-order valence-electron chi connectivity index (χ3n) is 5.71. The van der Waals surface area contributed by atoms with E-state index in [-0.39, 0.29) is 5.91 Å². The van der Waals surface area contributed by atoms with Gasteiger partial charge in [-0.15, -0.1) is 0 Å². The van der Waals surface area contributed by atoms with Crippen LogP contribution in [0.5, 0.6) is 0 Å². The number of carbonyl (C=O) groups excluding carboxylic acids is 1. The van der Waals surface area contributed by atoms with Gasteiger partial charge >= 0.3 is 0 Å². The number of aromatic nitrogens is 1. The van der Waals surface area contributed by atoms with Crippen molar-refractivity contribution in [3.8, 4) is 0 Å². The van der Waals surface area contributed by atoms with Crippen molar-refractivity contribution in [3.63, 3.8) is 0 Å². The third kappa shape index (κ3) is 5.07. The van der Waals surface area contributed by atoms with E-state index >= 15 is 0 Å². The molecule has 1 fully saturated rings. The number of piperazine rings is 1. The van der Waals surface area contributed by atoms with Gasteiger partial charge in [0.15, 0.2) is 0 Å². The Hall–Kier alpha value is -2.60. The molecule has 156 valence electrons. The topological polar surface area (TPSA) is 51.7 Å². The summed E-state index contributed by atoms with van der Waals surface area (Å²) in [5.41, 5.74) is 4.07. The van der Waals surface area contributed by atoms with Crippen LogP contribution in [0.3, 0.4) is 0 Å². The Labute approximate surface area is 174 Å². The fourth-order valence-corrected chi connectivity index (χ4v) is 3.79. The molecular formula is C23H33N5O. The van der Waals surface area contributed by atoms with Crippen molar-refractivity contribution in [2.45, 2.75) is 27.7 Å². The van der Waals surface area contributed by atoms with E-state index < -0.39 is 0 Å². The molecule has 0 aliphatic carbocycles. The smallest absolute Gasteiger partial charge is 0.254 e. The van der Waals surface area contributed by atoms with Crippen LogP contribution in [0.15, 0.2) is 36.5 Å². The quantitative estimate of drug-likeness (QED) is 0.774. The Kier molecular flexibility index (Phi) is 7.09. The number of hydrogen-bond donors (Lipinski definition) is 1. The highest BCUT2D eigenvalue weighted by molar-refractivity contribution is 5.95. The SMILES string of the molecule is CCN1CCN(C(=O)c2ccnc(Nc3ccc(N(CC)CC)cc3C)c2)CC1. The molecule has 1 aliphatic rings. The molecule has 0 atom stereocenters. The third-order valence-corrected chi connectivity index (χ3v) is 5.71. The Morgan fingerprint density at radius 3 is 2.41 bits per heavy atom. The lowest BCUT2D eigenvalue weighted by molar-refractivity contribution is 0.0643. The van der Waals surface area contributed by atoms with Gasteiger partial charge in [0.1, 0.15) is 5.82 Å². The van der Waals surface area contributed by atoms with Crippen LogP contribution in [-0.2, 0) is 0 Å². The number of rotatable bonds is 7. The molecular weight excluding hydrogens is 362 g/mol. The van der Waals surface area contributed by atoms with Gasteiger partial charge in [0.25, 0.3) is 5.91 Å². The van der Waals surface area contributed by atoms with E-state index in [4.69, 9.17) is 0 Å². The number of benzene rings is 1. The van der Waals surface area contributed by atoms with Crippen molar-refractivity contribution in [1.82, 2.24) is 14.8 Å². The fourth-order valence-electron chi connectivity index (χ4n) is 3.79. The van der Waals surface area contributed by atoms with Gasteiger partial charge < -0.3 is 20.0 Å². The maximum atomic E-state index is 12.9. The lowest BCUT2D eigenvalue weighted by atomic mass is 10.1. The van der Waals surface area contributed by atoms with Gasteiger partial charge in [-0.1, -0.05) is 6.92 Å². The Bertz CT molecular complexity index is 826. The molecule has 6 nitrogen and oxygen atoms in total. The first-order chi connectivity index (χ1) is 14.0. The van der Waals surface area contributed by atoms with E-state index in [9.17, 15) is 4.79 Å². The van der Waals surface area contributed by atoms with E-state index in [0.717, 1.165) is 57.1 Å². The van der Waals surface area contributed by atoms with Crippen LogP contribution in [0.4, 0.5) is 17.2 Å². The minimum absolute atomic E-state index is 0.0832. The summed E-state index contributed by atoms with van der Waals surface area (Å²) in [4.78, 5) is 24.0. The standard InChI is InChI=1S/C23H33N5O/c1-5-26-12-14-28(15-13-26)23(29)19-10-11-24-22(17-19)25-21-9-8-20(16-18(21)4)27(6-2)7-3/h8-11,16-17H,5-7,12-15H2,1-4H3,(H,24,25). The highest BCUT2D eigenvalue weighted by atomic mass is 16.2. The maximum Gasteiger partial charge on any atom is 0.254 e.